The van der Waals surface area contributed by atoms with E-state index in [1.807, 2.05) is 0 Å². The Bertz CT molecular complexity index is 913. The molecule has 0 unspecified atom stereocenters. The fraction of sp³-hybridized carbons (Fsp3) is 0.0556. The fourth-order valence-electron chi connectivity index (χ4n) is 2.52. The highest BCUT2D eigenvalue weighted by atomic mass is 35.5. The van der Waals surface area contributed by atoms with Gasteiger partial charge in [0.25, 0.3) is 5.91 Å². The van der Waals surface area contributed by atoms with Crippen LogP contribution in [0.1, 0.15) is 17.2 Å². The van der Waals surface area contributed by atoms with Crippen molar-refractivity contribution in [2.24, 2.45) is 0 Å². The maximum atomic E-state index is 14.0. The normalized spacial score (nSPS) is 17.0. The predicted molar refractivity (Wildman–Crippen MR) is 103 cm³/mol. The van der Waals surface area contributed by atoms with Gasteiger partial charge in [0.15, 0.2) is 6.04 Å². The number of carboxylic acids is 1. The zero-order valence-corrected chi connectivity index (χ0v) is 15.4. The Morgan fingerprint density at radius 2 is 1.92 bits per heavy atom. The third-order valence-corrected chi connectivity index (χ3v) is 5.37. The van der Waals surface area contributed by atoms with E-state index in [0.29, 0.717) is 5.56 Å². The summed E-state index contributed by atoms with van der Waals surface area (Å²) in [6.45, 7) is 0. The minimum absolute atomic E-state index is 0.0567. The molecule has 0 bridgehead atoms. The summed E-state index contributed by atoms with van der Waals surface area (Å²) in [6.07, 6.45) is 1.29. The maximum Gasteiger partial charge on any atom is 0.331 e. The average Bonchev–Trinajstić information content (AvgIpc) is 2.87. The lowest BCUT2D eigenvalue weighted by atomic mass is 10.1. The van der Waals surface area contributed by atoms with Gasteiger partial charge in [-0.25, -0.2) is 9.18 Å². The van der Waals surface area contributed by atoms with Crippen LogP contribution in [0.4, 0.5) is 4.39 Å². The van der Waals surface area contributed by atoms with Gasteiger partial charge in [-0.05, 0) is 23.8 Å². The second-order valence-corrected chi connectivity index (χ2v) is 7.42. The zero-order valence-electron chi connectivity index (χ0n) is 13.1. The molecule has 8 heteroatoms. The van der Waals surface area contributed by atoms with Crippen LogP contribution >= 0.6 is 35.6 Å². The Morgan fingerprint density at radius 3 is 2.54 bits per heavy atom. The van der Waals surface area contributed by atoms with E-state index in [9.17, 15) is 19.1 Å². The van der Waals surface area contributed by atoms with Crippen molar-refractivity contribution in [1.29, 1.82) is 0 Å². The van der Waals surface area contributed by atoms with Crippen LogP contribution in [0, 0.1) is 5.82 Å². The molecule has 1 heterocycles. The molecular formula is C18H11ClFNO3S2. The lowest BCUT2D eigenvalue weighted by Gasteiger charge is -2.23. The summed E-state index contributed by atoms with van der Waals surface area (Å²) in [7, 11) is 0. The molecule has 2 aromatic carbocycles. The predicted octanol–water partition coefficient (Wildman–Crippen LogP) is 4.51. The molecule has 1 aliphatic rings. The van der Waals surface area contributed by atoms with Crippen molar-refractivity contribution in [2.75, 3.05) is 0 Å². The Labute approximate surface area is 163 Å². The summed E-state index contributed by atoms with van der Waals surface area (Å²) in [5, 5.41) is 9.77. The quantitative estimate of drug-likeness (QED) is 0.597. The van der Waals surface area contributed by atoms with Crippen molar-refractivity contribution in [1.82, 2.24) is 4.90 Å². The minimum Gasteiger partial charge on any atom is -0.479 e. The zero-order chi connectivity index (χ0) is 18.8. The van der Waals surface area contributed by atoms with Crippen LogP contribution in [0.3, 0.4) is 0 Å². The van der Waals surface area contributed by atoms with Crippen LogP contribution in [0.15, 0.2) is 53.4 Å². The van der Waals surface area contributed by atoms with Crippen molar-refractivity contribution in [3.05, 3.63) is 75.4 Å². The van der Waals surface area contributed by atoms with Crippen molar-refractivity contribution in [3.8, 4) is 0 Å². The van der Waals surface area contributed by atoms with Gasteiger partial charge in [0, 0.05) is 5.56 Å². The Balaban J connectivity index is 2.01. The van der Waals surface area contributed by atoms with E-state index in [-0.39, 0.29) is 19.8 Å². The first-order valence-corrected chi connectivity index (χ1v) is 8.99. The number of carboxylic acid groups (broad SMARTS) is 1. The van der Waals surface area contributed by atoms with E-state index in [1.165, 1.54) is 24.3 Å². The number of aliphatic carboxylic acids is 1. The topological polar surface area (TPSA) is 57.6 Å². The summed E-state index contributed by atoms with van der Waals surface area (Å²) >= 11 is 12.1. The molecule has 1 amide bonds. The summed E-state index contributed by atoms with van der Waals surface area (Å²) in [5.74, 6) is -2.39. The van der Waals surface area contributed by atoms with E-state index in [2.05, 4.69) is 0 Å². The van der Waals surface area contributed by atoms with E-state index in [1.54, 1.807) is 30.3 Å². The summed E-state index contributed by atoms with van der Waals surface area (Å²) < 4.78 is 14.1. The molecule has 3 rings (SSSR count). The van der Waals surface area contributed by atoms with Gasteiger partial charge in [-0.15, -0.1) is 0 Å². The molecule has 4 nitrogen and oxygen atoms in total. The second kappa shape index (κ2) is 7.57. The number of nitrogens with zero attached hydrogens (tertiary/aromatic N) is 1. The minimum atomic E-state index is -1.26. The number of amides is 1. The molecule has 0 aromatic heterocycles. The molecule has 1 aliphatic heterocycles. The third kappa shape index (κ3) is 3.51. The molecule has 132 valence electrons. The lowest BCUT2D eigenvalue weighted by molar-refractivity contribution is -0.145. The number of hydrogen-bond donors (Lipinski definition) is 1. The van der Waals surface area contributed by atoms with E-state index in [4.69, 9.17) is 23.8 Å². The van der Waals surface area contributed by atoms with Crippen LogP contribution in [0.2, 0.25) is 5.02 Å². The molecule has 1 fully saturated rings. The molecular weight excluding hydrogens is 397 g/mol. The first-order chi connectivity index (χ1) is 12.4. The number of rotatable bonds is 4. The van der Waals surface area contributed by atoms with Crippen molar-refractivity contribution in [2.45, 2.75) is 6.04 Å². The van der Waals surface area contributed by atoms with Gasteiger partial charge in [0.2, 0.25) is 0 Å². The summed E-state index contributed by atoms with van der Waals surface area (Å²) in [4.78, 5) is 25.7. The summed E-state index contributed by atoms with van der Waals surface area (Å²) in [5.41, 5.74) is 0.475. The number of benzene rings is 2. The number of halogens is 2. The molecule has 2 aromatic rings. The van der Waals surface area contributed by atoms with Crippen LogP contribution in [-0.2, 0) is 9.59 Å². The number of thiocarbonyl (C=S) groups is 1. The van der Waals surface area contributed by atoms with E-state index >= 15 is 0 Å². The first-order valence-electron chi connectivity index (χ1n) is 7.39. The first kappa shape index (κ1) is 18.6. The van der Waals surface area contributed by atoms with Crippen molar-refractivity contribution >= 4 is 57.9 Å². The molecule has 0 saturated carbocycles. The average molecular weight is 408 g/mol. The van der Waals surface area contributed by atoms with Crippen LogP contribution in [0.25, 0.3) is 6.08 Å². The van der Waals surface area contributed by atoms with Gasteiger partial charge < -0.3 is 5.11 Å². The largest absolute Gasteiger partial charge is 0.479 e. The van der Waals surface area contributed by atoms with Gasteiger partial charge in [-0.1, -0.05) is 72.0 Å². The summed E-state index contributed by atoms with van der Waals surface area (Å²) in [6, 6.07) is 11.2. The highest BCUT2D eigenvalue weighted by molar-refractivity contribution is 8.26. The van der Waals surface area contributed by atoms with Crippen LogP contribution in [-0.4, -0.2) is 26.2 Å². The number of thioether (sulfide) groups is 1. The Morgan fingerprint density at radius 1 is 1.23 bits per heavy atom. The Kier molecular flexibility index (Phi) is 5.41. The Hall–Kier alpha value is -2.22. The standard InChI is InChI=1S/C18H11ClFNO3S2/c19-12-7-4-8-13(20)11(12)9-14-16(22)21(18(25)26-14)15(17(23)24)10-5-2-1-3-6-10/h1-9,15H,(H,23,24)/b14-9-/t15-/m0/s1. The lowest BCUT2D eigenvalue weighted by Crippen LogP contribution is -2.37. The van der Waals surface area contributed by atoms with Gasteiger partial charge in [0.1, 0.15) is 10.1 Å². The smallest absolute Gasteiger partial charge is 0.331 e. The third-order valence-electron chi connectivity index (χ3n) is 3.71. The van der Waals surface area contributed by atoms with Gasteiger partial charge >= 0.3 is 5.97 Å². The van der Waals surface area contributed by atoms with Gasteiger partial charge in [-0.3, -0.25) is 9.69 Å². The highest BCUT2D eigenvalue weighted by Gasteiger charge is 2.41. The number of hydrogen-bond acceptors (Lipinski definition) is 4. The molecule has 1 atom stereocenters. The monoisotopic (exact) mass is 407 g/mol. The van der Waals surface area contributed by atoms with Crippen LogP contribution in [0.5, 0.6) is 0 Å². The van der Waals surface area contributed by atoms with Gasteiger partial charge in [-0.2, -0.15) is 0 Å². The van der Waals surface area contributed by atoms with Gasteiger partial charge in [0.05, 0.1) is 9.93 Å². The molecule has 26 heavy (non-hydrogen) atoms. The van der Waals surface area contributed by atoms with Crippen LogP contribution < -0.4 is 0 Å². The molecule has 0 aliphatic carbocycles. The molecule has 1 N–H and O–H groups in total. The second-order valence-electron chi connectivity index (χ2n) is 5.34. The molecule has 1 saturated heterocycles. The van der Waals surface area contributed by atoms with E-state index in [0.717, 1.165) is 16.7 Å². The van der Waals surface area contributed by atoms with E-state index < -0.39 is 23.7 Å². The number of carbonyl (C=O) groups is 2. The highest BCUT2D eigenvalue weighted by Crippen LogP contribution is 2.39. The van der Waals surface area contributed by atoms with Crippen molar-refractivity contribution < 1.29 is 19.1 Å². The fourth-order valence-corrected chi connectivity index (χ4v) is 4.03. The maximum absolute atomic E-state index is 14.0. The molecule has 0 radical (unpaired) electrons. The van der Waals surface area contributed by atoms with Crippen molar-refractivity contribution in [3.63, 3.8) is 0 Å². The number of carbonyl (C=O) groups excluding carboxylic acids is 1. The SMILES string of the molecule is O=C(O)[C@H](c1ccccc1)N1C(=O)/C(=C/c2c(F)cccc2Cl)SC1=S. The molecule has 0 spiro atoms.